The molecular weight excluding hydrogens is 368 g/mol. The van der Waals surface area contributed by atoms with Crippen molar-refractivity contribution in [1.82, 2.24) is 14.8 Å². The van der Waals surface area contributed by atoms with E-state index >= 15 is 0 Å². The number of aromatic nitrogens is 3. The maximum absolute atomic E-state index is 12.3. The first-order chi connectivity index (χ1) is 13.1. The lowest BCUT2D eigenvalue weighted by Gasteiger charge is -2.07. The number of hydrogen-bond donors (Lipinski definition) is 1. The highest BCUT2D eigenvalue weighted by Crippen LogP contribution is 2.21. The second kappa shape index (κ2) is 8.66. The number of nitrogens with one attached hydrogen (secondary N) is 1. The van der Waals surface area contributed by atoms with Gasteiger partial charge in [0, 0.05) is 24.2 Å². The van der Waals surface area contributed by atoms with E-state index in [1.54, 1.807) is 31.4 Å². The van der Waals surface area contributed by atoms with Crippen molar-refractivity contribution in [2.45, 2.75) is 6.54 Å². The van der Waals surface area contributed by atoms with E-state index in [9.17, 15) is 4.79 Å². The SMILES string of the molecule is COCC(=O)n1nc(-c2ccc(Cl)cc2)nc1NCc1ccc(OC)cc1. The highest BCUT2D eigenvalue weighted by Gasteiger charge is 2.17. The van der Waals surface area contributed by atoms with E-state index in [2.05, 4.69) is 15.4 Å². The van der Waals surface area contributed by atoms with E-state index < -0.39 is 0 Å². The van der Waals surface area contributed by atoms with Gasteiger partial charge in [0.15, 0.2) is 5.82 Å². The number of methoxy groups -OCH3 is 2. The first-order valence-electron chi connectivity index (χ1n) is 8.22. The molecule has 0 aliphatic carbocycles. The summed E-state index contributed by atoms with van der Waals surface area (Å²) in [6.45, 7) is 0.379. The third kappa shape index (κ3) is 4.64. The molecule has 0 saturated heterocycles. The lowest BCUT2D eigenvalue weighted by molar-refractivity contribution is 0.0748. The Kier molecular flexibility index (Phi) is 6.05. The summed E-state index contributed by atoms with van der Waals surface area (Å²) in [6.07, 6.45) is 0. The fourth-order valence-corrected chi connectivity index (χ4v) is 2.56. The van der Waals surface area contributed by atoms with E-state index in [-0.39, 0.29) is 12.5 Å². The van der Waals surface area contributed by atoms with Crippen LogP contribution in [-0.4, -0.2) is 41.5 Å². The summed E-state index contributed by atoms with van der Waals surface area (Å²) in [6, 6.07) is 14.7. The van der Waals surface area contributed by atoms with Crippen LogP contribution in [0.2, 0.25) is 5.02 Å². The van der Waals surface area contributed by atoms with Crippen molar-refractivity contribution in [3.8, 4) is 17.1 Å². The fourth-order valence-electron chi connectivity index (χ4n) is 2.43. The highest BCUT2D eigenvalue weighted by molar-refractivity contribution is 6.30. The van der Waals surface area contributed by atoms with Gasteiger partial charge in [0.1, 0.15) is 12.4 Å². The van der Waals surface area contributed by atoms with E-state index in [1.807, 2.05) is 24.3 Å². The van der Waals surface area contributed by atoms with Crippen molar-refractivity contribution in [2.75, 3.05) is 26.1 Å². The minimum atomic E-state index is -0.317. The number of benzene rings is 2. The maximum Gasteiger partial charge on any atom is 0.276 e. The van der Waals surface area contributed by atoms with Gasteiger partial charge in [0.2, 0.25) is 5.95 Å². The summed E-state index contributed by atoms with van der Waals surface area (Å²) >= 11 is 5.93. The van der Waals surface area contributed by atoms with Gasteiger partial charge in [0.25, 0.3) is 5.91 Å². The first kappa shape index (κ1) is 18.9. The monoisotopic (exact) mass is 386 g/mol. The molecule has 0 aliphatic heterocycles. The van der Waals surface area contributed by atoms with E-state index in [1.165, 1.54) is 11.8 Å². The summed E-state index contributed by atoms with van der Waals surface area (Å²) in [7, 11) is 3.08. The minimum absolute atomic E-state index is 0.0966. The molecular formula is C19H19ClN4O3. The van der Waals surface area contributed by atoms with Gasteiger partial charge in [-0.1, -0.05) is 23.7 Å². The topological polar surface area (TPSA) is 78.3 Å². The molecule has 0 radical (unpaired) electrons. The van der Waals surface area contributed by atoms with Crippen LogP contribution in [0.3, 0.4) is 0 Å². The first-order valence-corrected chi connectivity index (χ1v) is 8.60. The molecule has 140 valence electrons. The summed E-state index contributed by atoms with van der Waals surface area (Å²) in [5.41, 5.74) is 1.77. The number of carbonyl (C=O) groups excluding carboxylic acids is 1. The molecule has 8 heteroatoms. The van der Waals surface area contributed by atoms with Crippen molar-refractivity contribution in [1.29, 1.82) is 0 Å². The van der Waals surface area contributed by atoms with Crippen LogP contribution in [0.25, 0.3) is 11.4 Å². The lowest BCUT2D eigenvalue weighted by atomic mass is 10.2. The molecule has 1 aromatic heterocycles. The van der Waals surface area contributed by atoms with Crippen molar-refractivity contribution in [3.05, 3.63) is 59.1 Å². The molecule has 0 unspecified atom stereocenters. The minimum Gasteiger partial charge on any atom is -0.497 e. The highest BCUT2D eigenvalue weighted by atomic mass is 35.5. The number of ether oxygens (including phenoxy) is 2. The Labute approximate surface area is 161 Å². The predicted molar refractivity (Wildman–Crippen MR) is 103 cm³/mol. The molecule has 3 aromatic rings. The normalized spacial score (nSPS) is 10.6. The molecule has 27 heavy (non-hydrogen) atoms. The van der Waals surface area contributed by atoms with Gasteiger partial charge in [-0.25, -0.2) is 0 Å². The number of hydrogen-bond acceptors (Lipinski definition) is 6. The van der Waals surface area contributed by atoms with Gasteiger partial charge in [-0.3, -0.25) is 4.79 Å². The van der Waals surface area contributed by atoms with Crippen LogP contribution in [0.5, 0.6) is 5.75 Å². The number of nitrogens with zero attached hydrogens (tertiary/aromatic N) is 3. The number of carbonyl (C=O) groups is 1. The van der Waals surface area contributed by atoms with Crippen molar-refractivity contribution in [3.63, 3.8) is 0 Å². The van der Waals surface area contributed by atoms with Crippen molar-refractivity contribution < 1.29 is 14.3 Å². The Morgan fingerprint density at radius 3 is 2.44 bits per heavy atom. The standard InChI is InChI=1S/C19H19ClN4O3/c1-26-12-17(25)24-19(21-11-13-3-9-16(27-2)10-4-13)22-18(23-24)14-5-7-15(20)8-6-14/h3-10H,11-12H2,1-2H3,(H,21,22,23). The van der Waals surface area contributed by atoms with Crippen LogP contribution in [0.15, 0.2) is 48.5 Å². The average Bonchev–Trinajstić information content (AvgIpc) is 3.12. The molecule has 1 heterocycles. The lowest BCUT2D eigenvalue weighted by Crippen LogP contribution is -2.20. The van der Waals surface area contributed by atoms with E-state index in [0.29, 0.717) is 23.3 Å². The predicted octanol–water partition coefficient (Wildman–Crippen LogP) is 3.51. The molecule has 0 bridgehead atoms. The zero-order valence-corrected chi connectivity index (χ0v) is 15.7. The van der Waals surface area contributed by atoms with Crippen LogP contribution in [0, 0.1) is 0 Å². The molecule has 7 nitrogen and oxygen atoms in total. The largest absolute Gasteiger partial charge is 0.497 e. The van der Waals surface area contributed by atoms with Crippen LogP contribution in [0.1, 0.15) is 10.4 Å². The molecule has 0 aliphatic rings. The van der Waals surface area contributed by atoms with Gasteiger partial charge in [-0.05, 0) is 42.0 Å². The Morgan fingerprint density at radius 1 is 1.11 bits per heavy atom. The van der Waals surface area contributed by atoms with Crippen molar-refractivity contribution >= 4 is 23.5 Å². The molecule has 0 spiro atoms. The fraction of sp³-hybridized carbons (Fsp3) is 0.211. The molecule has 1 N–H and O–H groups in total. The zero-order valence-electron chi connectivity index (χ0n) is 15.0. The zero-order chi connectivity index (χ0) is 19.2. The number of halogens is 1. The Balaban J connectivity index is 1.84. The average molecular weight is 387 g/mol. The molecule has 0 atom stereocenters. The van der Waals surface area contributed by atoms with Gasteiger partial charge in [-0.15, -0.1) is 5.10 Å². The second-order valence-corrected chi connectivity index (χ2v) is 6.14. The van der Waals surface area contributed by atoms with Gasteiger partial charge in [-0.2, -0.15) is 9.67 Å². The van der Waals surface area contributed by atoms with Gasteiger partial charge < -0.3 is 14.8 Å². The third-order valence-corrected chi connectivity index (χ3v) is 4.08. The summed E-state index contributed by atoms with van der Waals surface area (Å²) in [4.78, 5) is 16.8. The van der Waals surface area contributed by atoms with Crippen LogP contribution < -0.4 is 10.1 Å². The summed E-state index contributed by atoms with van der Waals surface area (Å²) in [5, 5.41) is 8.09. The van der Waals surface area contributed by atoms with Gasteiger partial charge in [0.05, 0.1) is 7.11 Å². The van der Waals surface area contributed by atoms with Gasteiger partial charge >= 0.3 is 0 Å². The summed E-state index contributed by atoms with van der Waals surface area (Å²) in [5.74, 6) is 1.23. The molecule has 0 amide bonds. The van der Waals surface area contributed by atoms with Crippen LogP contribution >= 0.6 is 11.6 Å². The Hall–Kier alpha value is -2.90. The molecule has 0 saturated carbocycles. The smallest absolute Gasteiger partial charge is 0.276 e. The molecule has 0 fully saturated rings. The molecule has 2 aromatic carbocycles. The van der Waals surface area contributed by atoms with Crippen LogP contribution in [-0.2, 0) is 11.3 Å². The Morgan fingerprint density at radius 2 is 1.81 bits per heavy atom. The van der Waals surface area contributed by atoms with E-state index in [4.69, 9.17) is 21.1 Å². The number of rotatable bonds is 7. The molecule has 3 rings (SSSR count). The van der Waals surface area contributed by atoms with Crippen molar-refractivity contribution in [2.24, 2.45) is 0 Å². The quantitative estimate of drug-likeness (QED) is 0.669. The van der Waals surface area contributed by atoms with Crippen LogP contribution in [0.4, 0.5) is 5.95 Å². The third-order valence-electron chi connectivity index (χ3n) is 3.82. The second-order valence-electron chi connectivity index (χ2n) is 5.71. The summed E-state index contributed by atoms with van der Waals surface area (Å²) < 4.78 is 11.3. The number of anilines is 1. The Bertz CT molecular complexity index is 908. The van der Waals surface area contributed by atoms with E-state index in [0.717, 1.165) is 16.9 Å². The maximum atomic E-state index is 12.3.